The maximum atomic E-state index is 11.2. The summed E-state index contributed by atoms with van der Waals surface area (Å²) in [6.07, 6.45) is 5.65. The molecular formula is C18H16N3O4+. The second-order valence-corrected chi connectivity index (χ2v) is 5.14. The van der Waals surface area contributed by atoms with Crippen LogP contribution in [-0.4, -0.2) is 16.1 Å². The third kappa shape index (κ3) is 4.93. The standard InChI is InChI=1S/C18H15N3O4/c1-2-6-15(11-14-7-4-3-5-8-14)13-19-17-10-9-16(20(22)23)12-18(17)21(24)25/h2-10,12-13H,1,11H2/p+1/b15-6-,19-13?. The van der Waals surface area contributed by atoms with Gasteiger partial charge in [0.05, 0.1) is 9.85 Å². The number of nitrogens with one attached hydrogen (secondary N) is 1. The number of nitrogens with zero attached hydrogens (tertiary/aromatic N) is 2. The van der Waals surface area contributed by atoms with Gasteiger partial charge in [0.25, 0.3) is 11.4 Å². The quantitative estimate of drug-likeness (QED) is 0.363. The van der Waals surface area contributed by atoms with E-state index in [1.807, 2.05) is 30.3 Å². The van der Waals surface area contributed by atoms with Gasteiger partial charge in [0.15, 0.2) is 6.21 Å². The molecule has 2 rings (SSSR count). The molecule has 126 valence electrons. The van der Waals surface area contributed by atoms with Crippen molar-refractivity contribution < 1.29 is 14.8 Å². The van der Waals surface area contributed by atoms with Gasteiger partial charge in [-0.25, -0.2) is 4.99 Å². The lowest BCUT2D eigenvalue weighted by molar-refractivity contribution is -0.412. The van der Waals surface area contributed by atoms with Crippen molar-refractivity contribution in [2.75, 3.05) is 0 Å². The topological polar surface area (TPSA) is 100 Å². The van der Waals surface area contributed by atoms with E-state index in [1.165, 1.54) is 12.1 Å². The monoisotopic (exact) mass is 338 g/mol. The lowest BCUT2D eigenvalue weighted by Gasteiger charge is -1.99. The predicted molar refractivity (Wildman–Crippen MR) is 94.9 cm³/mol. The van der Waals surface area contributed by atoms with Crippen LogP contribution in [0.5, 0.6) is 0 Å². The van der Waals surface area contributed by atoms with Crippen molar-refractivity contribution >= 4 is 23.3 Å². The van der Waals surface area contributed by atoms with Crippen LogP contribution < -0.4 is 4.99 Å². The van der Waals surface area contributed by atoms with E-state index in [9.17, 15) is 20.2 Å². The Kier molecular flexibility index (Phi) is 5.89. The summed E-state index contributed by atoms with van der Waals surface area (Å²) in [5, 5.41) is 21.9. The highest BCUT2D eigenvalue weighted by atomic mass is 16.6. The molecule has 0 saturated carbocycles. The van der Waals surface area contributed by atoms with Gasteiger partial charge in [0, 0.05) is 24.1 Å². The van der Waals surface area contributed by atoms with Crippen molar-refractivity contribution in [1.82, 2.24) is 0 Å². The van der Waals surface area contributed by atoms with Crippen LogP contribution in [0.1, 0.15) is 5.56 Å². The number of allylic oxidation sites excluding steroid dienone is 3. The van der Waals surface area contributed by atoms with Gasteiger partial charge < -0.3 is 0 Å². The molecule has 7 heteroatoms. The van der Waals surface area contributed by atoms with Crippen LogP contribution in [0.15, 0.2) is 72.8 Å². The molecule has 7 nitrogen and oxygen atoms in total. The molecule has 0 radical (unpaired) electrons. The molecule has 1 N–H and O–H groups in total. The maximum Gasteiger partial charge on any atom is 0.346 e. The van der Waals surface area contributed by atoms with Crippen LogP contribution in [-0.2, 0) is 6.42 Å². The molecule has 0 spiro atoms. The molecule has 0 heterocycles. The Bertz CT molecular complexity index is 858. The van der Waals surface area contributed by atoms with E-state index < -0.39 is 9.85 Å². The summed E-state index contributed by atoms with van der Waals surface area (Å²) in [6.45, 7) is 3.67. The van der Waals surface area contributed by atoms with Gasteiger partial charge >= 0.3 is 5.69 Å². The summed E-state index contributed by atoms with van der Waals surface area (Å²) in [6, 6.07) is 13.2. The Hall–Kier alpha value is -3.61. The van der Waals surface area contributed by atoms with Crippen molar-refractivity contribution in [2.45, 2.75) is 6.42 Å². The van der Waals surface area contributed by atoms with E-state index >= 15 is 0 Å². The Morgan fingerprint density at radius 2 is 1.80 bits per heavy atom. The number of hydrogen-bond donors (Lipinski definition) is 1. The first kappa shape index (κ1) is 17.7. The van der Waals surface area contributed by atoms with Gasteiger partial charge in [0.2, 0.25) is 0 Å². The first-order valence-corrected chi connectivity index (χ1v) is 7.39. The molecule has 25 heavy (non-hydrogen) atoms. The van der Waals surface area contributed by atoms with Gasteiger partial charge in [-0.05, 0) is 5.56 Å². The number of benzene rings is 2. The molecule has 2 aromatic carbocycles. The molecule has 0 fully saturated rings. The largest absolute Gasteiger partial charge is 0.346 e. The summed E-state index contributed by atoms with van der Waals surface area (Å²) in [5.41, 5.74) is 1.42. The summed E-state index contributed by atoms with van der Waals surface area (Å²) in [7, 11) is 0. The fourth-order valence-electron chi connectivity index (χ4n) is 2.22. The fraction of sp³-hybridized carbons (Fsp3) is 0.0556. The lowest BCUT2D eigenvalue weighted by atomic mass is 10.1. The third-order valence-electron chi connectivity index (χ3n) is 3.38. The summed E-state index contributed by atoms with van der Waals surface area (Å²) >= 11 is 0. The van der Waals surface area contributed by atoms with Gasteiger partial charge in [0.1, 0.15) is 6.07 Å². The molecule has 0 bridgehead atoms. The third-order valence-corrected chi connectivity index (χ3v) is 3.38. The number of hydrogen-bond acceptors (Lipinski definition) is 4. The van der Waals surface area contributed by atoms with Crippen LogP contribution >= 0.6 is 0 Å². The Morgan fingerprint density at radius 1 is 1.08 bits per heavy atom. The Balaban J connectivity index is 2.31. The minimum atomic E-state index is -0.668. The minimum Gasteiger partial charge on any atom is -0.258 e. The van der Waals surface area contributed by atoms with E-state index in [4.69, 9.17) is 0 Å². The summed E-state index contributed by atoms with van der Waals surface area (Å²) in [5.74, 6) is 0. The number of nitro benzene ring substituents is 2. The van der Waals surface area contributed by atoms with Crippen molar-refractivity contribution in [3.8, 4) is 0 Å². The highest BCUT2D eigenvalue weighted by Gasteiger charge is 2.22. The van der Waals surface area contributed by atoms with Gasteiger partial charge in [-0.1, -0.05) is 49.1 Å². The zero-order chi connectivity index (χ0) is 18.2. The van der Waals surface area contributed by atoms with Crippen molar-refractivity contribution in [1.29, 1.82) is 0 Å². The van der Waals surface area contributed by atoms with Crippen molar-refractivity contribution in [3.63, 3.8) is 0 Å². The Morgan fingerprint density at radius 3 is 2.40 bits per heavy atom. The molecule has 0 unspecified atom stereocenters. The minimum absolute atomic E-state index is 0.179. The van der Waals surface area contributed by atoms with Crippen LogP contribution in [0, 0.1) is 20.2 Å². The van der Waals surface area contributed by atoms with E-state index in [0.717, 1.165) is 17.2 Å². The lowest BCUT2D eigenvalue weighted by Crippen LogP contribution is -2.62. The number of nitro groups is 2. The normalized spacial score (nSPS) is 11.4. The first-order valence-electron chi connectivity index (χ1n) is 7.39. The van der Waals surface area contributed by atoms with Crippen LogP contribution in [0.3, 0.4) is 0 Å². The molecule has 0 aliphatic carbocycles. The molecular weight excluding hydrogens is 322 g/mol. The smallest absolute Gasteiger partial charge is 0.258 e. The zero-order valence-electron chi connectivity index (χ0n) is 13.3. The number of non-ortho nitro benzene ring substituents is 1. The molecule has 0 aliphatic heterocycles. The average Bonchev–Trinajstić information content (AvgIpc) is 2.60. The van der Waals surface area contributed by atoms with Gasteiger partial charge in [-0.2, -0.15) is 0 Å². The average molecular weight is 338 g/mol. The van der Waals surface area contributed by atoms with Crippen molar-refractivity contribution in [3.05, 3.63) is 98.6 Å². The molecule has 0 saturated heterocycles. The van der Waals surface area contributed by atoms with Gasteiger partial charge in [-0.3, -0.25) is 20.2 Å². The van der Waals surface area contributed by atoms with E-state index in [1.54, 1.807) is 18.4 Å². The fourth-order valence-corrected chi connectivity index (χ4v) is 2.22. The van der Waals surface area contributed by atoms with Crippen LogP contribution in [0.2, 0.25) is 0 Å². The highest BCUT2D eigenvalue weighted by molar-refractivity contribution is 5.76. The summed E-state index contributed by atoms with van der Waals surface area (Å²) in [4.78, 5) is 23.5. The number of rotatable bonds is 7. The zero-order valence-corrected chi connectivity index (χ0v) is 13.3. The molecule has 0 aliphatic rings. The van der Waals surface area contributed by atoms with E-state index in [2.05, 4.69) is 11.6 Å². The van der Waals surface area contributed by atoms with Crippen LogP contribution in [0.25, 0.3) is 0 Å². The van der Waals surface area contributed by atoms with Crippen molar-refractivity contribution in [2.24, 2.45) is 0 Å². The second kappa shape index (κ2) is 8.30. The highest BCUT2D eigenvalue weighted by Crippen LogP contribution is 2.25. The molecule has 0 aromatic heterocycles. The van der Waals surface area contributed by atoms with Crippen LogP contribution in [0.4, 0.5) is 17.1 Å². The molecule has 0 amide bonds. The predicted octanol–water partition coefficient (Wildman–Crippen LogP) is 2.64. The van der Waals surface area contributed by atoms with E-state index in [-0.39, 0.29) is 17.1 Å². The summed E-state index contributed by atoms with van der Waals surface area (Å²) < 4.78 is 0. The second-order valence-electron chi connectivity index (χ2n) is 5.14. The molecule has 0 atom stereocenters. The first-order chi connectivity index (χ1) is 12.0. The van der Waals surface area contributed by atoms with E-state index in [0.29, 0.717) is 6.42 Å². The van der Waals surface area contributed by atoms with Gasteiger partial charge in [-0.15, -0.1) is 0 Å². The SMILES string of the molecule is C=C/C=C(\C=[NH+]c1ccc([N+](=O)[O-])cc1[N+](=O)[O-])Cc1ccccc1. The maximum absolute atomic E-state index is 11.2. The Labute approximate surface area is 144 Å². The molecule has 2 aromatic rings.